The summed E-state index contributed by atoms with van der Waals surface area (Å²) in [7, 11) is 4.46. The van der Waals surface area contributed by atoms with Crippen LogP contribution in [0.2, 0.25) is 0 Å². The van der Waals surface area contributed by atoms with Gasteiger partial charge < -0.3 is 15.5 Å². The van der Waals surface area contributed by atoms with Crippen molar-refractivity contribution in [3.05, 3.63) is 35.4 Å². The van der Waals surface area contributed by atoms with Crippen molar-refractivity contribution in [1.29, 1.82) is 0 Å². The molecule has 1 saturated heterocycles. The van der Waals surface area contributed by atoms with Gasteiger partial charge in [-0.15, -0.1) is 0 Å². The quantitative estimate of drug-likeness (QED) is 0.865. The van der Waals surface area contributed by atoms with Crippen LogP contribution in [0.25, 0.3) is 0 Å². The Morgan fingerprint density at radius 1 is 1.35 bits per heavy atom. The van der Waals surface area contributed by atoms with E-state index in [0.29, 0.717) is 0 Å². The Morgan fingerprint density at radius 2 is 2.05 bits per heavy atom. The first-order valence-corrected chi connectivity index (χ1v) is 7.77. The lowest BCUT2D eigenvalue weighted by Gasteiger charge is -2.26. The molecule has 1 heterocycles. The summed E-state index contributed by atoms with van der Waals surface area (Å²) in [5.41, 5.74) is 8.84. The third-order valence-corrected chi connectivity index (χ3v) is 4.52. The normalized spacial score (nSPS) is 21.6. The Labute approximate surface area is 123 Å². The zero-order valence-corrected chi connectivity index (χ0v) is 13.2. The van der Waals surface area contributed by atoms with Crippen molar-refractivity contribution < 1.29 is 0 Å². The maximum absolute atomic E-state index is 6.29. The van der Waals surface area contributed by atoms with Crippen LogP contribution < -0.4 is 5.73 Å². The molecule has 0 bridgehead atoms. The van der Waals surface area contributed by atoms with Gasteiger partial charge in [-0.3, -0.25) is 0 Å². The number of hydrogen-bond donors (Lipinski definition) is 1. The molecule has 3 nitrogen and oxygen atoms in total. The minimum atomic E-state index is 0.152. The summed E-state index contributed by atoms with van der Waals surface area (Å²) < 4.78 is 0. The second kappa shape index (κ2) is 7.21. The highest BCUT2D eigenvalue weighted by atomic mass is 15.2. The van der Waals surface area contributed by atoms with Gasteiger partial charge in [-0.25, -0.2) is 0 Å². The number of aryl methyl sites for hydroxylation is 1. The number of rotatable bonds is 6. The lowest BCUT2D eigenvalue weighted by atomic mass is 10.0. The van der Waals surface area contributed by atoms with Crippen molar-refractivity contribution in [2.75, 3.05) is 33.7 Å². The van der Waals surface area contributed by atoms with Gasteiger partial charge in [-0.2, -0.15) is 0 Å². The molecule has 0 radical (unpaired) electrons. The largest absolute Gasteiger partial charge is 0.324 e. The Kier molecular flexibility index (Phi) is 5.58. The minimum absolute atomic E-state index is 0.152. The van der Waals surface area contributed by atoms with Crippen LogP contribution in [-0.4, -0.2) is 49.6 Å². The van der Waals surface area contributed by atoms with E-state index >= 15 is 0 Å². The lowest BCUT2D eigenvalue weighted by molar-refractivity contribution is 0.216. The molecule has 0 spiro atoms. The number of hydrogen-bond acceptors (Lipinski definition) is 3. The summed E-state index contributed by atoms with van der Waals surface area (Å²) in [5, 5.41) is 0. The third kappa shape index (κ3) is 4.30. The fourth-order valence-electron chi connectivity index (χ4n) is 3.00. The van der Waals surface area contributed by atoms with Crippen LogP contribution in [0.5, 0.6) is 0 Å². The van der Waals surface area contributed by atoms with Gasteiger partial charge in [0.05, 0.1) is 0 Å². The molecule has 20 heavy (non-hydrogen) atoms. The van der Waals surface area contributed by atoms with Gasteiger partial charge in [-0.1, -0.05) is 29.8 Å². The number of nitrogens with zero attached hydrogens (tertiary/aromatic N) is 2. The van der Waals surface area contributed by atoms with Crippen molar-refractivity contribution in [2.45, 2.75) is 38.3 Å². The van der Waals surface area contributed by atoms with Crippen molar-refractivity contribution in [3.63, 3.8) is 0 Å². The van der Waals surface area contributed by atoms with Gasteiger partial charge in [0.2, 0.25) is 0 Å². The average Bonchev–Trinajstić information content (AvgIpc) is 2.82. The van der Waals surface area contributed by atoms with Crippen molar-refractivity contribution in [3.8, 4) is 0 Å². The number of benzene rings is 1. The Balaban J connectivity index is 1.75. The molecule has 0 aromatic heterocycles. The second-order valence-corrected chi connectivity index (χ2v) is 6.34. The van der Waals surface area contributed by atoms with Gasteiger partial charge in [0, 0.05) is 18.6 Å². The zero-order chi connectivity index (χ0) is 14.5. The number of nitrogens with two attached hydrogens (primary N) is 1. The monoisotopic (exact) mass is 275 g/mol. The maximum Gasteiger partial charge on any atom is 0.0307 e. The molecule has 1 aliphatic heterocycles. The smallest absolute Gasteiger partial charge is 0.0307 e. The highest BCUT2D eigenvalue weighted by Crippen LogP contribution is 2.17. The summed E-state index contributed by atoms with van der Waals surface area (Å²) in [4.78, 5) is 4.91. The molecule has 0 aliphatic carbocycles. The van der Waals surface area contributed by atoms with Crippen molar-refractivity contribution >= 4 is 0 Å². The molecular formula is C17H29N3. The molecule has 2 unspecified atom stereocenters. The molecule has 1 aromatic rings. The van der Waals surface area contributed by atoms with Crippen LogP contribution in [0.3, 0.4) is 0 Å². The highest BCUT2D eigenvalue weighted by molar-refractivity contribution is 5.23. The van der Waals surface area contributed by atoms with Crippen LogP contribution in [0.1, 0.15) is 36.4 Å². The van der Waals surface area contributed by atoms with Crippen LogP contribution in [0, 0.1) is 6.92 Å². The average molecular weight is 275 g/mol. The molecule has 0 saturated carbocycles. The van der Waals surface area contributed by atoms with Gasteiger partial charge in [0.1, 0.15) is 0 Å². The van der Waals surface area contributed by atoms with Gasteiger partial charge in [-0.05, 0) is 58.9 Å². The molecule has 3 heteroatoms. The summed E-state index contributed by atoms with van der Waals surface area (Å²) in [6.07, 6.45) is 3.71. The van der Waals surface area contributed by atoms with Gasteiger partial charge in [0.15, 0.2) is 0 Å². The number of likely N-dealkylation sites (tertiary alicyclic amines) is 1. The zero-order valence-electron chi connectivity index (χ0n) is 13.2. The van der Waals surface area contributed by atoms with E-state index in [-0.39, 0.29) is 6.04 Å². The van der Waals surface area contributed by atoms with E-state index in [1.54, 1.807) is 0 Å². The van der Waals surface area contributed by atoms with E-state index in [0.717, 1.165) is 25.6 Å². The van der Waals surface area contributed by atoms with Gasteiger partial charge >= 0.3 is 0 Å². The molecule has 1 fully saturated rings. The molecule has 112 valence electrons. The summed E-state index contributed by atoms with van der Waals surface area (Å²) in [6, 6.07) is 9.49. The van der Waals surface area contributed by atoms with E-state index in [9.17, 15) is 0 Å². The molecule has 2 atom stereocenters. The number of likely N-dealkylation sites (N-methyl/N-ethyl adjacent to an activating group) is 2. The molecule has 2 N–H and O–H groups in total. The van der Waals surface area contributed by atoms with Crippen LogP contribution >= 0.6 is 0 Å². The second-order valence-electron chi connectivity index (χ2n) is 6.34. The summed E-state index contributed by atoms with van der Waals surface area (Å²) >= 11 is 0. The maximum atomic E-state index is 6.29. The third-order valence-electron chi connectivity index (χ3n) is 4.52. The first-order valence-electron chi connectivity index (χ1n) is 7.77. The molecule has 1 aromatic carbocycles. The van der Waals surface area contributed by atoms with Crippen LogP contribution in [0.4, 0.5) is 0 Å². The lowest BCUT2D eigenvalue weighted by Crippen LogP contribution is -2.37. The molecule has 2 rings (SSSR count). The van der Waals surface area contributed by atoms with Gasteiger partial charge in [0.25, 0.3) is 0 Å². The van der Waals surface area contributed by atoms with Crippen molar-refractivity contribution in [1.82, 2.24) is 9.80 Å². The van der Waals surface area contributed by atoms with Crippen molar-refractivity contribution in [2.24, 2.45) is 5.73 Å². The topological polar surface area (TPSA) is 32.5 Å². The summed E-state index contributed by atoms with van der Waals surface area (Å²) in [5.74, 6) is 0. The fraction of sp³-hybridized carbons (Fsp3) is 0.647. The van der Waals surface area contributed by atoms with E-state index < -0.39 is 0 Å². The van der Waals surface area contributed by atoms with E-state index in [2.05, 4.69) is 55.1 Å². The Morgan fingerprint density at radius 3 is 2.65 bits per heavy atom. The fourth-order valence-corrected chi connectivity index (χ4v) is 3.00. The molecule has 0 amide bonds. The molecule has 1 aliphatic rings. The molecular weight excluding hydrogens is 246 g/mol. The Bertz CT molecular complexity index is 401. The first kappa shape index (κ1) is 15.5. The highest BCUT2D eigenvalue weighted by Gasteiger charge is 2.22. The Hall–Kier alpha value is -0.900. The first-order chi connectivity index (χ1) is 9.56. The SMILES string of the molecule is Cc1ccc(C(N)CCN(C)CC2CCCN2C)cc1. The van der Waals surface area contributed by atoms with E-state index in [1.165, 1.54) is 30.5 Å². The summed E-state index contributed by atoms with van der Waals surface area (Å²) in [6.45, 7) is 5.60. The standard InChI is InChI=1S/C17H29N3/c1-14-6-8-15(9-7-14)17(18)10-12-19(2)13-16-5-4-11-20(16)3/h6-9,16-17H,4-5,10-13,18H2,1-3H3. The van der Waals surface area contributed by atoms with Crippen LogP contribution in [-0.2, 0) is 0 Å². The van der Waals surface area contributed by atoms with Crippen LogP contribution in [0.15, 0.2) is 24.3 Å². The van der Waals surface area contributed by atoms with E-state index in [4.69, 9.17) is 5.73 Å². The predicted octanol–water partition coefficient (Wildman–Crippen LogP) is 2.41. The minimum Gasteiger partial charge on any atom is -0.324 e. The van der Waals surface area contributed by atoms with E-state index in [1.807, 2.05) is 0 Å². The predicted molar refractivity (Wildman–Crippen MR) is 85.9 cm³/mol.